The van der Waals surface area contributed by atoms with Crippen molar-refractivity contribution in [2.45, 2.75) is 6.04 Å². The molecule has 1 unspecified atom stereocenters. The Balaban J connectivity index is 2.71. The lowest BCUT2D eigenvalue weighted by Gasteiger charge is -2.13. The number of ether oxygens (including phenoxy) is 1. The minimum atomic E-state index is -1.11. The van der Waals surface area contributed by atoms with E-state index in [0.29, 0.717) is 9.50 Å². The number of nitrogens with two attached hydrogens (primary N) is 1. The van der Waals surface area contributed by atoms with Gasteiger partial charge in [-0.05, 0) is 28.1 Å². The summed E-state index contributed by atoms with van der Waals surface area (Å²) in [5, 5.41) is 8.69. The van der Waals surface area contributed by atoms with Crippen molar-refractivity contribution in [3.05, 3.63) is 33.0 Å². The molecule has 0 amide bonds. The third kappa shape index (κ3) is 4.23. The van der Waals surface area contributed by atoms with Gasteiger partial charge in [0, 0.05) is 10.0 Å². The molecule has 0 saturated heterocycles. The Bertz CT molecular complexity index is 430. The fourth-order valence-electron chi connectivity index (χ4n) is 1.19. The van der Waals surface area contributed by atoms with E-state index in [0.717, 1.165) is 0 Å². The fourth-order valence-corrected chi connectivity index (χ4v) is 1.67. The van der Waals surface area contributed by atoms with E-state index in [1.165, 1.54) is 12.1 Å². The van der Waals surface area contributed by atoms with Gasteiger partial charge in [0.25, 0.3) is 0 Å². The number of hydrogen-bond donors (Lipinski definition) is 2. The highest BCUT2D eigenvalue weighted by Gasteiger charge is 2.14. The van der Waals surface area contributed by atoms with Crippen molar-refractivity contribution in [3.63, 3.8) is 0 Å². The van der Waals surface area contributed by atoms with Crippen molar-refractivity contribution in [2.24, 2.45) is 5.73 Å². The van der Waals surface area contributed by atoms with Gasteiger partial charge in [-0.3, -0.25) is 0 Å². The maximum absolute atomic E-state index is 13.5. The molecule has 0 aliphatic rings. The van der Waals surface area contributed by atoms with E-state index in [1.54, 1.807) is 0 Å². The number of carboxylic acid groups (broad SMARTS) is 1. The second-order valence-corrected chi connectivity index (χ2v) is 4.56. The van der Waals surface area contributed by atoms with Crippen LogP contribution in [-0.2, 0) is 9.53 Å². The van der Waals surface area contributed by atoms with Gasteiger partial charge in [0.05, 0.1) is 17.7 Å². The first-order valence-corrected chi connectivity index (χ1v) is 5.78. The number of halogens is 3. The Morgan fingerprint density at radius 1 is 1.65 bits per heavy atom. The topological polar surface area (TPSA) is 72.5 Å². The van der Waals surface area contributed by atoms with Gasteiger partial charge in [0.15, 0.2) is 0 Å². The maximum atomic E-state index is 13.5. The minimum Gasteiger partial charge on any atom is -0.480 e. The molecule has 0 saturated carbocycles. The van der Waals surface area contributed by atoms with Crippen LogP contribution in [0.4, 0.5) is 4.39 Å². The summed E-state index contributed by atoms with van der Waals surface area (Å²) in [5.41, 5.74) is 5.85. The SMILES string of the molecule is NC(COCC(=O)O)c1cc(Cl)c(Br)cc1F. The minimum absolute atomic E-state index is 0.0961. The Morgan fingerprint density at radius 2 is 2.29 bits per heavy atom. The highest BCUT2D eigenvalue weighted by atomic mass is 79.9. The molecule has 0 radical (unpaired) electrons. The largest absolute Gasteiger partial charge is 0.480 e. The monoisotopic (exact) mass is 325 g/mol. The quantitative estimate of drug-likeness (QED) is 0.815. The molecule has 0 bridgehead atoms. The summed E-state index contributed by atoms with van der Waals surface area (Å²) >= 11 is 8.89. The van der Waals surface area contributed by atoms with Gasteiger partial charge < -0.3 is 15.6 Å². The van der Waals surface area contributed by atoms with E-state index in [4.69, 9.17) is 27.2 Å². The Morgan fingerprint density at radius 3 is 2.88 bits per heavy atom. The van der Waals surface area contributed by atoms with Crippen LogP contribution in [0.15, 0.2) is 16.6 Å². The van der Waals surface area contributed by atoms with Crippen LogP contribution in [0.3, 0.4) is 0 Å². The van der Waals surface area contributed by atoms with Gasteiger partial charge in [-0.25, -0.2) is 9.18 Å². The first-order chi connectivity index (χ1) is 7.91. The van der Waals surface area contributed by atoms with Crippen molar-refractivity contribution >= 4 is 33.5 Å². The average Bonchev–Trinajstić information content (AvgIpc) is 2.22. The van der Waals surface area contributed by atoms with Crippen LogP contribution in [0.5, 0.6) is 0 Å². The molecular formula is C10H10BrClFNO3. The fraction of sp³-hybridized carbons (Fsp3) is 0.300. The molecule has 1 atom stereocenters. The highest BCUT2D eigenvalue weighted by Crippen LogP contribution is 2.28. The smallest absolute Gasteiger partial charge is 0.329 e. The van der Waals surface area contributed by atoms with Crippen LogP contribution in [0.2, 0.25) is 5.02 Å². The predicted octanol–water partition coefficient (Wildman–Crippen LogP) is 2.34. The zero-order valence-electron chi connectivity index (χ0n) is 8.62. The summed E-state index contributed by atoms with van der Waals surface area (Å²) < 4.78 is 18.7. The molecule has 3 N–H and O–H groups in total. The lowest BCUT2D eigenvalue weighted by atomic mass is 10.1. The average molecular weight is 327 g/mol. The molecule has 1 aromatic carbocycles. The standard InChI is InChI=1S/C10H10BrClFNO3/c11-6-2-8(13)5(1-7(6)12)9(14)3-17-4-10(15)16/h1-2,9H,3-4,14H2,(H,15,16). The molecule has 0 spiro atoms. The van der Waals surface area contributed by atoms with E-state index in [1.807, 2.05) is 0 Å². The molecule has 0 fully saturated rings. The van der Waals surface area contributed by atoms with Gasteiger partial charge in [-0.1, -0.05) is 11.6 Å². The van der Waals surface area contributed by atoms with Crippen LogP contribution in [0.1, 0.15) is 11.6 Å². The lowest BCUT2D eigenvalue weighted by molar-refractivity contribution is -0.142. The molecule has 0 aromatic heterocycles. The van der Waals surface area contributed by atoms with Crippen LogP contribution in [0, 0.1) is 5.82 Å². The molecule has 0 aliphatic heterocycles. The van der Waals surface area contributed by atoms with Crippen molar-refractivity contribution in [1.82, 2.24) is 0 Å². The van der Waals surface area contributed by atoms with Crippen LogP contribution in [0.25, 0.3) is 0 Å². The zero-order valence-corrected chi connectivity index (χ0v) is 11.0. The third-order valence-corrected chi connectivity index (χ3v) is 3.16. The van der Waals surface area contributed by atoms with E-state index in [9.17, 15) is 9.18 Å². The molecular weight excluding hydrogens is 316 g/mol. The van der Waals surface area contributed by atoms with E-state index < -0.39 is 24.4 Å². The third-order valence-electron chi connectivity index (χ3n) is 1.96. The Labute approximate surface area is 111 Å². The molecule has 17 heavy (non-hydrogen) atoms. The molecule has 4 nitrogen and oxygen atoms in total. The zero-order chi connectivity index (χ0) is 13.0. The highest BCUT2D eigenvalue weighted by molar-refractivity contribution is 9.10. The first-order valence-electron chi connectivity index (χ1n) is 4.61. The van der Waals surface area contributed by atoms with E-state index in [-0.39, 0.29) is 12.2 Å². The number of carboxylic acids is 1. The first kappa shape index (κ1) is 14.4. The van der Waals surface area contributed by atoms with Crippen LogP contribution >= 0.6 is 27.5 Å². The van der Waals surface area contributed by atoms with Crippen molar-refractivity contribution in [3.8, 4) is 0 Å². The van der Waals surface area contributed by atoms with Gasteiger partial charge in [-0.2, -0.15) is 0 Å². The molecule has 1 rings (SSSR count). The normalized spacial score (nSPS) is 12.5. The number of benzene rings is 1. The van der Waals surface area contributed by atoms with Gasteiger partial charge in [0.1, 0.15) is 12.4 Å². The molecule has 7 heteroatoms. The number of aliphatic carboxylic acids is 1. The van der Waals surface area contributed by atoms with Gasteiger partial charge in [0.2, 0.25) is 0 Å². The molecule has 0 aliphatic carbocycles. The Kier molecular flexibility index (Phi) is 5.32. The van der Waals surface area contributed by atoms with Crippen LogP contribution in [-0.4, -0.2) is 24.3 Å². The number of carbonyl (C=O) groups is 1. The summed E-state index contributed by atoms with van der Waals surface area (Å²) in [4.78, 5) is 10.2. The molecule has 1 aromatic rings. The summed E-state index contributed by atoms with van der Waals surface area (Å²) in [5.74, 6) is -1.63. The summed E-state index contributed by atoms with van der Waals surface area (Å²) in [6.45, 7) is -0.569. The predicted molar refractivity (Wildman–Crippen MR) is 64.5 cm³/mol. The van der Waals surface area contributed by atoms with Crippen molar-refractivity contribution < 1.29 is 19.0 Å². The molecule has 0 heterocycles. The second-order valence-electron chi connectivity index (χ2n) is 3.30. The Hall–Kier alpha value is -0.690. The number of rotatable bonds is 5. The van der Waals surface area contributed by atoms with E-state index >= 15 is 0 Å². The maximum Gasteiger partial charge on any atom is 0.329 e. The van der Waals surface area contributed by atoms with Crippen LogP contribution < -0.4 is 5.73 Å². The van der Waals surface area contributed by atoms with Crippen molar-refractivity contribution in [2.75, 3.05) is 13.2 Å². The number of hydrogen-bond acceptors (Lipinski definition) is 3. The molecule has 94 valence electrons. The lowest BCUT2D eigenvalue weighted by Crippen LogP contribution is -2.20. The summed E-state index contributed by atoms with van der Waals surface area (Å²) in [7, 11) is 0. The summed E-state index contributed by atoms with van der Waals surface area (Å²) in [6, 6.07) is 1.82. The van der Waals surface area contributed by atoms with Gasteiger partial charge >= 0.3 is 5.97 Å². The summed E-state index contributed by atoms with van der Waals surface area (Å²) in [6.07, 6.45) is 0. The van der Waals surface area contributed by atoms with Gasteiger partial charge in [-0.15, -0.1) is 0 Å². The van der Waals surface area contributed by atoms with E-state index in [2.05, 4.69) is 15.9 Å². The van der Waals surface area contributed by atoms with Crippen molar-refractivity contribution in [1.29, 1.82) is 0 Å². The second kappa shape index (κ2) is 6.30.